The van der Waals surface area contributed by atoms with Crippen LogP contribution in [0.2, 0.25) is 0 Å². The van der Waals surface area contributed by atoms with Crippen LogP contribution in [0.4, 0.5) is 0 Å². The molecule has 1 atom stereocenters. The second-order valence-electron chi connectivity index (χ2n) is 3.63. The first-order valence-corrected chi connectivity index (χ1v) is 6.26. The summed E-state index contributed by atoms with van der Waals surface area (Å²) in [6.07, 6.45) is 3.86. The standard InChI is InChI=1S/C10H13N3O2S/c14-10(15)8-3-11-6-13-9(8)4-12-7-1-2-16-5-7/h3,6-7,12H,1-2,4-5H2,(H,14,15). The molecule has 1 fully saturated rings. The van der Waals surface area contributed by atoms with E-state index in [-0.39, 0.29) is 5.56 Å². The highest BCUT2D eigenvalue weighted by Crippen LogP contribution is 2.17. The molecule has 0 bridgehead atoms. The van der Waals surface area contributed by atoms with Crippen molar-refractivity contribution in [3.05, 3.63) is 23.8 Å². The molecule has 0 radical (unpaired) electrons. The summed E-state index contributed by atoms with van der Waals surface area (Å²) in [5.74, 6) is 1.29. The lowest BCUT2D eigenvalue weighted by atomic mass is 10.2. The molecule has 0 aliphatic carbocycles. The maximum Gasteiger partial charge on any atom is 0.339 e. The molecule has 0 spiro atoms. The predicted octanol–water partition coefficient (Wildman–Crippen LogP) is 0.770. The molecule has 86 valence electrons. The Kier molecular flexibility index (Phi) is 3.74. The molecule has 1 aromatic heterocycles. The summed E-state index contributed by atoms with van der Waals surface area (Å²) in [6, 6.07) is 0.474. The molecule has 16 heavy (non-hydrogen) atoms. The van der Waals surface area contributed by atoms with Crippen LogP contribution in [0.5, 0.6) is 0 Å². The number of aromatic carboxylic acids is 1. The van der Waals surface area contributed by atoms with Crippen LogP contribution in [0, 0.1) is 0 Å². The minimum Gasteiger partial charge on any atom is -0.478 e. The van der Waals surface area contributed by atoms with Crippen LogP contribution in [-0.2, 0) is 6.54 Å². The Morgan fingerprint density at radius 2 is 2.56 bits per heavy atom. The van der Waals surface area contributed by atoms with Gasteiger partial charge in [-0.15, -0.1) is 0 Å². The number of hydrogen-bond donors (Lipinski definition) is 2. The fourth-order valence-electron chi connectivity index (χ4n) is 1.61. The third-order valence-corrected chi connectivity index (χ3v) is 3.68. The van der Waals surface area contributed by atoms with Gasteiger partial charge in [-0.3, -0.25) is 0 Å². The summed E-state index contributed by atoms with van der Waals surface area (Å²) in [5, 5.41) is 12.3. The monoisotopic (exact) mass is 239 g/mol. The van der Waals surface area contributed by atoms with Crippen LogP contribution < -0.4 is 5.32 Å². The second-order valence-corrected chi connectivity index (χ2v) is 4.78. The molecule has 0 amide bonds. The van der Waals surface area contributed by atoms with E-state index in [1.165, 1.54) is 18.3 Å². The number of carbonyl (C=O) groups is 1. The van der Waals surface area contributed by atoms with Crippen LogP contribution in [0.25, 0.3) is 0 Å². The highest BCUT2D eigenvalue weighted by atomic mass is 32.2. The van der Waals surface area contributed by atoms with Crippen molar-refractivity contribution < 1.29 is 9.90 Å². The number of aromatic nitrogens is 2. The Hall–Kier alpha value is -1.14. The molecule has 5 nitrogen and oxygen atoms in total. The predicted molar refractivity (Wildman–Crippen MR) is 61.6 cm³/mol. The van der Waals surface area contributed by atoms with Crippen molar-refractivity contribution in [3.8, 4) is 0 Å². The Bertz CT molecular complexity index is 380. The van der Waals surface area contributed by atoms with E-state index in [0.717, 1.165) is 12.2 Å². The summed E-state index contributed by atoms with van der Waals surface area (Å²) in [4.78, 5) is 18.6. The molecule has 1 aliphatic heterocycles. The van der Waals surface area contributed by atoms with Crippen LogP contribution in [0.15, 0.2) is 12.5 Å². The molecule has 1 unspecified atom stereocenters. The third kappa shape index (κ3) is 2.70. The molecule has 1 aromatic rings. The lowest BCUT2D eigenvalue weighted by molar-refractivity contribution is 0.0694. The smallest absolute Gasteiger partial charge is 0.339 e. The average Bonchev–Trinajstić information content (AvgIpc) is 2.79. The van der Waals surface area contributed by atoms with Crippen molar-refractivity contribution >= 4 is 17.7 Å². The van der Waals surface area contributed by atoms with Gasteiger partial charge < -0.3 is 10.4 Å². The maximum absolute atomic E-state index is 10.9. The minimum absolute atomic E-state index is 0.181. The third-order valence-electron chi connectivity index (χ3n) is 2.51. The summed E-state index contributed by atoms with van der Waals surface area (Å²) < 4.78 is 0. The van der Waals surface area contributed by atoms with E-state index >= 15 is 0 Å². The highest BCUT2D eigenvalue weighted by Gasteiger charge is 2.17. The fourth-order valence-corrected chi connectivity index (χ4v) is 2.80. The average molecular weight is 239 g/mol. The van der Waals surface area contributed by atoms with Gasteiger partial charge in [0, 0.05) is 24.5 Å². The molecule has 1 saturated heterocycles. The van der Waals surface area contributed by atoms with E-state index in [2.05, 4.69) is 15.3 Å². The van der Waals surface area contributed by atoms with E-state index < -0.39 is 5.97 Å². The number of thioether (sulfide) groups is 1. The van der Waals surface area contributed by atoms with Gasteiger partial charge in [-0.25, -0.2) is 14.8 Å². The van der Waals surface area contributed by atoms with Gasteiger partial charge in [0.25, 0.3) is 0 Å². The van der Waals surface area contributed by atoms with Gasteiger partial charge in [0.15, 0.2) is 0 Å². The number of nitrogens with one attached hydrogen (secondary N) is 1. The lowest BCUT2D eigenvalue weighted by Gasteiger charge is -2.11. The molecule has 2 rings (SSSR count). The Morgan fingerprint density at radius 3 is 3.25 bits per heavy atom. The van der Waals surface area contributed by atoms with E-state index in [1.807, 2.05) is 11.8 Å². The van der Waals surface area contributed by atoms with E-state index in [9.17, 15) is 4.79 Å². The first kappa shape index (κ1) is 11.3. The highest BCUT2D eigenvalue weighted by molar-refractivity contribution is 7.99. The molecule has 1 aliphatic rings. The quantitative estimate of drug-likeness (QED) is 0.808. The van der Waals surface area contributed by atoms with Gasteiger partial charge >= 0.3 is 5.97 Å². The zero-order valence-corrected chi connectivity index (χ0v) is 9.54. The van der Waals surface area contributed by atoms with Gasteiger partial charge in [0.05, 0.1) is 5.69 Å². The minimum atomic E-state index is -0.974. The fraction of sp³-hybridized carbons (Fsp3) is 0.500. The topological polar surface area (TPSA) is 75.1 Å². The van der Waals surface area contributed by atoms with Gasteiger partial charge in [0.2, 0.25) is 0 Å². The van der Waals surface area contributed by atoms with Crippen LogP contribution in [0.3, 0.4) is 0 Å². The van der Waals surface area contributed by atoms with Gasteiger partial charge in [-0.2, -0.15) is 11.8 Å². The van der Waals surface area contributed by atoms with Crippen molar-refractivity contribution in [3.63, 3.8) is 0 Å². The van der Waals surface area contributed by atoms with Crippen molar-refractivity contribution in [1.82, 2.24) is 15.3 Å². The molecule has 0 aromatic carbocycles. The number of carboxylic acids is 1. The lowest BCUT2D eigenvalue weighted by Crippen LogP contribution is -2.29. The zero-order valence-electron chi connectivity index (χ0n) is 8.72. The van der Waals surface area contributed by atoms with E-state index in [0.29, 0.717) is 18.3 Å². The van der Waals surface area contributed by atoms with Gasteiger partial charge in [-0.1, -0.05) is 0 Å². The first-order valence-electron chi connectivity index (χ1n) is 5.10. The number of hydrogen-bond acceptors (Lipinski definition) is 5. The number of rotatable bonds is 4. The van der Waals surface area contributed by atoms with Gasteiger partial charge in [-0.05, 0) is 12.2 Å². The van der Waals surface area contributed by atoms with Crippen LogP contribution in [-0.4, -0.2) is 38.6 Å². The molecular weight excluding hydrogens is 226 g/mol. The summed E-state index contributed by atoms with van der Waals surface area (Å²) >= 11 is 1.92. The number of carboxylic acid groups (broad SMARTS) is 1. The second kappa shape index (κ2) is 5.27. The van der Waals surface area contributed by atoms with E-state index in [4.69, 9.17) is 5.11 Å². The molecule has 2 heterocycles. The van der Waals surface area contributed by atoms with Crippen LogP contribution in [0.1, 0.15) is 22.5 Å². The molecule has 0 saturated carbocycles. The largest absolute Gasteiger partial charge is 0.478 e. The molecule has 6 heteroatoms. The summed E-state index contributed by atoms with van der Waals surface area (Å²) in [7, 11) is 0. The van der Waals surface area contributed by atoms with Crippen molar-refractivity contribution in [1.29, 1.82) is 0 Å². The van der Waals surface area contributed by atoms with Crippen LogP contribution >= 0.6 is 11.8 Å². The first-order chi connectivity index (χ1) is 7.77. The van der Waals surface area contributed by atoms with Crippen molar-refractivity contribution in [2.45, 2.75) is 19.0 Å². The van der Waals surface area contributed by atoms with Gasteiger partial charge in [0.1, 0.15) is 11.9 Å². The van der Waals surface area contributed by atoms with Crippen molar-refractivity contribution in [2.24, 2.45) is 0 Å². The maximum atomic E-state index is 10.9. The normalized spacial score (nSPS) is 19.9. The SMILES string of the molecule is O=C(O)c1cncnc1CNC1CCSC1. The van der Waals surface area contributed by atoms with Crippen molar-refractivity contribution in [2.75, 3.05) is 11.5 Å². The summed E-state index contributed by atoms with van der Waals surface area (Å²) in [6.45, 7) is 0.495. The summed E-state index contributed by atoms with van der Waals surface area (Å²) in [5.41, 5.74) is 0.736. The Morgan fingerprint density at radius 1 is 1.69 bits per heavy atom. The zero-order chi connectivity index (χ0) is 11.4. The number of nitrogens with zero attached hydrogens (tertiary/aromatic N) is 2. The molecule has 2 N–H and O–H groups in total. The van der Waals surface area contributed by atoms with E-state index in [1.54, 1.807) is 0 Å². The molecular formula is C10H13N3O2S. The Balaban J connectivity index is 2.00. The Labute approximate surface area is 97.7 Å².